The van der Waals surface area contributed by atoms with Crippen LogP contribution in [0.1, 0.15) is 36.7 Å². The molecule has 4 rings (SSSR count). The zero-order chi connectivity index (χ0) is 26.6. The Morgan fingerprint density at radius 3 is 2.51 bits per heavy atom. The van der Waals surface area contributed by atoms with E-state index in [1.807, 2.05) is 0 Å². The Balaban J connectivity index is 1.55. The molecule has 1 N–H and O–H groups in total. The van der Waals surface area contributed by atoms with Gasteiger partial charge < -0.3 is 10.1 Å². The summed E-state index contributed by atoms with van der Waals surface area (Å²) in [7, 11) is 0. The van der Waals surface area contributed by atoms with Crippen molar-refractivity contribution in [2.24, 2.45) is 0 Å². The smallest absolute Gasteiger partial charge is 0.403 e. The fraction of sp³-hybridized carbons (Fsp3) is 0.304. The Morgan fingerprint density at radius 2 is 1.86 bits per heavy atom. The quantitative estimate of drug-likeness (QED) is 0.149. The Labute approximate surface area is 213 Å². The lowest BCUT2D eigenvalue weighted by Gasteiger charge is -2.18. The number of unbranched alkanes of at least 4 members (excludes halogenated alkanes) is 1. The van der Waals surface area contributed by atoms with E-state index in [0.717, 1.165) is 12.1 Å². The molecule has 8 nitrogen and oxygen atoms in total. The molecular formula is C23H21ClF5N7O. The molecule has 4 aromatic rings. The van der Waals surface area contributed by atoms with Crippen molar-refractivity contribution < 1.29 is 26.7 Å². The molecule has 1 atom stereocenters. The lowest BCUT2D eigenvalue weighted by molar-refractivity contribution is -0.275. The van der Waals surface area contributed by atoms with Gasteiger partial charge in [0.25, 0.3) is 0 Å². The standard InChI is InChI=1S/C23H21ClF5N7O/c1-14-30-12-32-36(14)20-7-6-16(11-17(20)25)33-22-31-13-35(34-22)19(4-2-3-9-24)15-5-8-21(18(26)10-15)37-23(27,28)29/h5-8,10-13,19H,2-4,9H2,1H3,(H,33,34)/t19-/m0/s1. The number of hydrogen-bond donors (Lipinski definition) is 1. The molecule has 2 heterocycles. The van der Waals surface area contributed by atoms with Crippen molar-refractivity contribution in [2.45, 2.75) is 38.6 Å². The van der Waals surface area contributed by atoms with Gasteiger partial charge in [-0.25, -0.2) is 28.1 Å². The number of nitrogens with zero attached hydrogens (tertiary/aromatic N) is 6. The van der Waals surface area contributed by atoms with Gasteiger partial charge in [0, 0.05) is 11.6 Å². The molecule has 0 saturated heterocycles. The van der Waals surface area contributed by atoms with Gasteiger partial charge in [-0.15, -0.1) is 29.9 Å². The SMILES string of the molecule is Cc1ncnn1-c1ccc(Nc2ncn([C@@H](CCCCCl)c3ccc(OC(F)(F)F)c(F)c3)n2)cc1F. The molecule has 196 valence electrons. The van der Waals surface area contributed by atoms with Crippen LogP contribution in [0.3, 0.4) is 0 Å². The largest absolute Gasteiger partial charge is 0.573 e. The minimum atomic E-state index is -5.01. The summed E-state index contributed by atoms with van der Waals surface area (Å²) in [6, 6.07) is 7.08. The molecule has 0 unspecified atom stereocenters. The topological polar surface area (TPSA) is 82.7 Å². The highest BCUT2D eigenvalue weighted by Gasteiger charge is 2.32. The van der Waals surface area contributed by atoms with Crippen molar-refractivity contribution in [1.82, 2.24) is 29.5 Å². The van der Waals surface area contributed by atoms with Crippen molar-refractivity contribution in [1.29, 1.82) is 0 Å². The fourth-order valence-electron chi connectivity index (χ4n) is 3.72. The van der Waals surface area contributed by atoms with Gasteiger partial charge >= 0.3 is 6.36 Å². The van der Waals surface area contributed by atoms with Crippen molar-refractivity contribution in [3.05, 3.63) is 72.1 Å². The van der Waals surface area contributed by atoms with Gasteiger partial charge in [0.15, 0.2) is 17.4 Å². The maximum absolute atomic E-state index is 14.7. The number of nitrogens with one attached hydrogen (secondary N) is 1. The second-order valence-corrected chi connectivity index (χ2v) is 8.37. The van der Waals surface area contributed by atoms with E-state index in [4.69, 9.17) is 11.6 Å². The van der Waals surface area contributed by atoms with Crippen LogP contribution in [0.25, 0.3) is 5.69 Å². The first-order valence-corrected chi connectivity index (χ1v) is 11.6. The number of aromatic nitrogens is 6. The van der Waals surface area contributed by atoms with Crippen molar-refractivity contribution in [2.75, 3.05) is 11.2 Å². The van der Waals surface area contributed by atoms with E-state index in [2.05, 4.69) is 30.2 Å². The van der Waals surface area contributed by atoms with Gasteiger partial charge in [-0.3, -0.25) is 0 Å². The van der Waals surface area contributed by atoms with Crippen LogP contribution in [-0.2, 0) is 0 Å². The predicted molar refractivity (Wildman–Crippen MR) is 125 cm³/mol. The highest BCUT2D eigenvalue weighted by molar-refractivity contribution is 6.17. The fourth-order valence-corrected chi connectivity index (χ4v) is 3.91. The molecule has 0 bridgehead atoms. The number of anilines is 2. The number of alkyl halides is 4. The van der Waals surface area contributed by atoms with Crippen LogP contribution < -0.4 is 10.1 Å². The van der Waals surface area contributed by atoms with Crippen LogP contribution in [0.4, 0.5) is 33.6 Å². The number of halogens is 6. The summed E-state index contributed by atoms with van der Waals surface area (Å²) < 4.78 is 73.1. The monoisotopic (exact) mass is 541 g/mol. The Bertz CT molecular complexity index is 1360. The molecule has 0 radical (unpaired) electrons. The summed E-state index contributed by atoms with van der Waals surface area (Å²) in [5.41, 5.74) is 0.963. The molecule has 0 amide bonds. The molecule has 0 aliphatic carbocycles. The number of ether oxygens (including phenoxy) is 1. The molecule has 2 aromatic heterocycles. The van der Waals surface area contributed by atoms with Crippen LogP contribution in [0.15, 0.2) is 49.1 Å². The highest BCUT2D eigenvalue weighted by atomic mass is 35.5. The van der Waals surface area contributed by atoms with Crippen molar-refractivity contribution in [3.8, 4) is 11.4 Å². The third kappa shape index (κ3) is 6.53. The van der Waals surface area contributed by atoms with Gasteiger partial charge in [0.05, 0.1) is 6.04 Å². The normalized spacial score (nSPS) is 12.5. The first kappa shape index (κ1) is 26.3. The van der Waals surface area contributed by atoms with E-state index in [-0.39, 0.29) is 11.6 Å². The lowest BCUT2D eigenvalue weighted by Crippen LogP contribution is -2.18. The van der Waals surface area contributed by atoms with E-state index in [0.29, 0.717) is 42.2 Å². The lowest BCUT2D eigenvalue weighted by atomic mass is 10.0. The van der Waals surface area contributed by atoms with Crippen molar-refractivity contribution >= 4 is 23.2 Å². The Morgan fingerprint density at radius 1 is 1.05 bits per heavy atom. The van der Waals surface area contributed by atoms with Crippen LogP contribution in [0.2, 0.25) is 0 Å². The van der Waals surface area contributed by atoms with Crippen LogP contribution in [-0.4, -0.2) is 41.8 Å². The number of rotatable bonds is 10. The Kier molecular flexibility index (Phi) is 7.91. The molecule has 0 spiro atoms. The van der Waals surface area contributed by atoms with Gasteiger partial charge in [-0.05, 0) is 62.1 Å². The molecule has 0 saturated carbocycles. The van der Waals surface area contributed by atoms with Gasteiger partial charge in [-0.1, -0.05) is 6.07 Å². The zero-order valence-corrected chi connectivity index (χ0v) is 20.1. The maximum atomic E-state index is 14.7. The zero-order valence-electron chi connectivity index (χ0n) is 19.4. The summed E-state index contributed by atoms with van der Waals surface area (Å²) >= 11 is 5.78. The second-order valence-electron chi connectivity index (χ2n) is 8.00. The van der Waals surface area contributed by atoms with Gasteiger partial charge in [0.2, 0.25) is 5.95 Å². The van der Waals surface area contributed by atoms with E-state index < -0.39 is 29.8 Å². The average molecular weight is 542 g/mol. The third-order valence-corrected chi connectivity index (χ3v) is 5.67. The molecule has 0 aliphatic heterocycles. The number of hydrogen-bond acceptors (Lipinski definition) is 6. The summed E-state index contributed by atoms with van der Waals surface area (Å²) in [6.07, 6.45) is -0.505. The van der Waals surface area contributed by atoms with E-state index in [1.165, 1.54) is 40.2 Å². The van der Waals surface area contributed by atoms with Gasteiger partial charge in [-0.2, -0.15) is 5.10 Å². The van der Waals surface area contributed by atoms with E-state index in [9.17, 15) is 22.0 Å². The second kappa shape index (κ2) is 11.1. The van der Waals surface area contributed by atoms with E-state index in [1.54, 1.807) is 13.0 Å². The first-order chi connectivity index (χ1) is 17.6. The molecule has 0 aliphatic rings. The molecule has 0 fully saturated rings. The van der Waals surface area contributed by atoms with Crippen LogP contribution in [0.5, 0.6) is 5.75 Å². The van der Waals surface area contributed by atoms with Gasteiger partial charge in [0.1, 0.15) is 24.2 Å². The predicted octanol–water partition coefficient (Wildman–Crippen LogP) is 6.09. The molecular weight excluding hydrogens is 521 g/mol. The summed E-state index contributed by atoms with van der Waals surface area (Å²) in [4.78, 5) is 8.17. The minimum absolute atomic E-state index is 0.143. The van der Waals surface area contributed by atoms with E-state index >= 15 is 0 Å². The molecule has 2 aromatic carbocycles. The van der Waals surface area contributed by atoms with Crippen LogP contribution in [0, 0.1) is 18.6 Å². The highest BCUT2D eigenvalue weighted by Crippen LogP contribution is 2.31. The number of benzene rings is 2. The minimum Gasteiger partial charge on any atom is -0.403 e. The summed E-state index contributed by atoms with van der Waals surface area (Å²) in [6.45, 7) is 1.70. The Hall–Kier alpha value is -3.74. The summed E-state index contributed by atoms with van der Waals surface area (Å²) in [5.74, 6) is -1.55. The molecule has 14 heteroatoms. The average Bonchev–Trinajstić information content (AvgIpc) is 3.46. The number of aryl methyl sites for hydroxylation is 1. The van der Waals surface area contributed by atoms with Crippen LogP contribution >= 0.6 is 11.6 Å². The first-order valence-electron chi connectivity index (χ1n) is 11.1. The maximum Gasteiger partial charge on any atom is 0.573 e. The third-order valence-electron chi connectivity index (χ3n) is 5.41. The molecule has 37 heavy (non-hydrogen) atoms. The summed E-state index contributed by atoms with van der Waals surface area (Å²) in [5, 5.41) is 11.3. The van der Waals surface area contributed by atoms with Crippen molar-refractivity contribution in [3.63, 3.8) is 0 Å².